The van der Waals surface area contributed by atoms with Crippen LogP contribution in [0.3, 0.4) is 0 Å². The van der Waals surface area contributed by atoms with Crippen LogP contribution >= 0.6 is 0 Å². The minimum Gasteiger partial charge on any atom is -0.317 e. The number of nitrogens with one attached hydrogen (secondary N) is 1. The molecule has 2 nitrogen and oxygen atoms in total. The second-order valence-electron chi connectivity index (χ2n) is 4.87. The Balaban J connectivity index is 2.41. The zero-order valence-corrected chi connectivity index (χ0v) is 10.3. The van der Waals surface area contributed by atoms with Crippen LogP contribution in [0.2, 0.25) is 0 Å². The summed E-state index contributed by atoms with van der Waals surface area (Å²) in [6.07, 6.45) is 1.25. The Bertz CT molecular complexity index is 453. The second kappa shape index (κ2) is 5.03. The van der Waals surface area contributed by atoms with Gasteiger partial charge in [-0.2, -0.15) is 5.26 Å². The maximum absolute atomic E-state index is 13.8. The number of nitriles is 1. The van der Waals surface area contributed by atoms with E-state index in [9.17, 15) is 14.0 Å². The Hall–Kier alpha value is -1.47. The standard InChI is InChI=1S/C14H16F2N2/c1-10(13-11(15)3-2-4-12(13)16)14(9-17)5-7-18-8-6-14/h2-4,10,18H,5-8H2,1H3. The van der Waals surface area contributed by atoms with Gasteiger partial charge in [-0.05, 0) is 38.1 Å². The van der Waals surface area contributed by atoms with Gasteiger partial charge >= 0.3 is 0 Å². The molecule has 18 heavy (non-hydrogen) atoms. The van der Waals surface area contributed by atoms with E-state index in [4.69, 9.17) is 0 Å². The van der Waals surface area contributed by atoms with Gasteiger partial charge in [0.25, 0.3) is 0 Å². The van der Waals surface area contributed by atoms with E-state index in [0.717, 1.165) is 0 Å². The summed E-state index contributed by atoms with van der Waals surface area (Å²) in [7, 11) is 0. The third-order valence-corrected chi connectivity index (χ3v) is 3.98. The lowest BCUT2D eigenvalue weighted by molar-refractivity contribution is 0.232. The summed E-state index contributed by atoms with van der Waals surface area (Å²) in [4.78, 5) is 0. The van der Waals surface area contributed by atoms with Crippen molar-refractivity contribution in [2.45, 2.75) is 25.7 Å². The van der Waals surface area contributed by atoms with Crippen molar-refractivity contribution < 1.29 is 8.78 Å². The van der Waals surface area contributed by atoms with Gasteiger partial charge in [0, 0.05) is 11.5 Å². The lowest BCUT2D eigenvalue weighted by Crippen LogP contribution is -2.39. The van der Waals surface area contributed by atoms with Gasteiger partial charge in [-0.15, -0.1) is 0 Å². The Morgan fingerprint density at radius 1 is 1.28 bits per heavy atom. The zero-order valence-electron chi connectivity index (χ0n) is 10.3. The lowest BCUT2D eigenvalue weighted by atomic mass is 9.68. The highest BCUT2D eigenvalue weighted by Gasteiger charge is 2.40. The average Bonchev–Trinajstić information content (AvgIpc) is 2.39. The normalized spacial score (nSPS) is 20.1. The molecule has 0 aromatic heterocycles. The zero-order chi connectivity index (χ0) is 13.2. The van der Waals surface area contributed by atoms with Crippen molar-refractivity contribution in [3.05, 3.63) is 35.4 Å². The Morgan fingerprint density at radius 3 is 2.33 bits per heavy atom. The molecule has 1 aromatic rings. The quantitative estimate of drug-likeness (QED) is 0.876. The highest BCUT2D eigenvalue weighted by molar-refractivity contribution is 5.28. The summed E-state index contributed by atoms with van der Waals surface area (Å²) in [5, 5.41) is 12.6. The first kappa shape index (κ1) is 13.0. The van der Waals surface area contributed by atoms with Gasteiger partial charge in [-0.1, -0.05) is 13.0 Å². The molecule has 0 bridgehead atoms. The summed E-state index contributed by atoms with van der Waals surface area (Å²) in [6.45, 7) is 3.18. The SMILES string of the molecule is CC(c1c(F)cccc1F)C1(C#N)CCNCC1. The molecule has 96 valence electrons. The number of hydrogen-bond donors (Lipinski definition) is 1. The fourth-order valence-electron chi connectivity index (χ4n) is 2.72. The van der Waals surface area contributed by atoms with Crippen molar-refractivity contribution in [1.29, 1.82) is 5.26 Å². The molecular formula is C14H16F2N2. The van der Waals surface area contributed by atoms with Gasteiger partial charge < -0.3 is 5.32 Å². The van der Waals surface area contributed by atoms with Crippen LogP contribution in [0.1, 0.15) is 31.2 Å². The van der Waals surface area contributed by atoms with Gasteiger partial charge in [0.15, 0.2) is 0 Å². The number of halogens is 2. The molecule has 1 saturated heterocycles. The molecule has 1 aromatic carbocycles. The molecule has 4 heteroatoms. The summed E-state index contributed by atoms with van der Waals surface area (Å²) < 4.78 is 27.6. The van der Waals surface area contributed by atoms with Crippen LogP contribution in [-0.2, 0) is 0 Å². The van der Waals surface area contributed by atoms with Crippen molar-refractivity contribution in [2.75, 3.05) is 13.1 Å². The van der Waals surface area contributed by atoms with Crippen LogP contribution in [0.15, 0.2) is 18.2 Å². The minimum atomic E-state index is -0.672. The number of benzene rings is 1. The van der Waals surface area contributed by atoms with Gasteiger partial charge in [0.05, 0.1) is 11.5 Å². The topological polar surface area (TPSA) is 35.8 Å². The molecule has 0 amide bonds. The maximum Gasteiger partial charge on any atom is 0.129 e. The first-order chi connectivity index (χ1) is 8.60. The van der Waals surface area contributed by atoms with Gasteiger partial charge in [0.1, 0.15) is 11.6 Å². The highest BCUT2D eigenvalue weighted by atomic mass is 19.1. The molecule has 1 aliphatic rings. The molecule has 2 rings (SSSR count). The maximum atomic E-state index is 13.8. The summed E-state index contributed by atoms with van der Waals surface area (Å²) >= 11 is 0. The first-order valence-corrected chi connectivity index (χ1v) is 6.16. The van der Waals surface area contributed by atoms with Crippen LogP contribution < -0.4 is 5.32 Å². The fraction of sp³-hybridized carbons (Fsp3) is 0.500. The van der Waals surface area contributed by atoms with E-state index in [2.05, 4.69) is 11.4 Å². The molecule has 0 saturated carbocycles. The molecule has 1 N–H and O–H groups in total. The van der Waals surface area contributed by atoms with E-state index in [1.165, 1.54) is 18.2 Å². The van der Waals surface area contributed by atoms with Crippen LogP contribution in [-0.4, -0.2) is 13.1 Å². The summed E-state index contributed by atoms with van der Waals surface area (Å²) in [6, 6.07) is 6.15. The molecule has 1 heterocycles. The van der Waals surface area contributed by atoms with E-state index in [1.54, 1.807) is 6.92 Å². The van der Waals surface area contributed by atoms with Gasteiger partial charge in [-0.3, -0.25) is 0 Å². The van der Waals surface area contributed by atoms with Crippen molar-refractivity contribution >= 4 is 0 Å². The van der Waals surface area contributed by atoms with Crippen LogP contribution in [0, 0.1) is 28.4 Å². The summed E-state index contributed by atoms with van der Waals surface area (Å²) in [5.41, 5.74) is -0.630. The van der Waals surface area contributed by atoms with Crippen LogP contribution in [0.4, 0.5) is 8.78 Å². The summed E-state index contributed by atoms with van der Waals surface area (Å²) in [5.74, 6) is -1.56. The third-order valence-electron chi connectivity index (χ3n) is 3.98. The molecular weight excluding hydrogens is 234 g/mol. The van der Waals surface area contributed by atoms with E-state index in [1.807, 2.05) is 0 Å². The average molecular weight is 250 g/mol. The minimum absolute atomic E-state index is 0.0425. The Kier molecular flexibility index (Phi) is 3.63. The van der Waals surface area contributed by atoms with Crippen molar-refractivity contribution in [2.24, 2.45) is 5.41 Å². The molecule has 0 radical (unpaired) electrons. The highest BCUT2D eigenvalue weighted by Crippen LogP contribution is 2.43. The van der Waals surface area contributed by atoms with Gasteiger partial charge in [-0.25, -0.2) is 8.78 Å². The first-order valence-electron chi connectivity index (χ1n) is 6.16. The molecule has 1 fully saturated rings. The van der Waals surface area contributed by atoms with E-state index >= 15 is 0 Å². The predicted molar refractivity (Wildman–Crippen MR) is 64.9 cm³/mol. The third kappa shape index (κ3) is 2.11. The molecule has 1 atom stereocenters. The van der Waals surface area contributed by atoms with E-state index in [0.29, 0.717) is 25.9 Å². The molecule has 0 aliphatic carbocycles. The van der Waals surface area contributed by atoms with E-state index < -0.39 is 23.0 Å². The lowest BCUT2D eigenvalue weighted by Gasteiger charge is -2.36. The molecule has 1 aliphatic heterocycles. The van der Waals surface area contributed by atoms with Crippen molar-refractivity contribution in [3.8, 4) is 6.07 Å². The van der Waals surface area contributed by atoms with Crippen molar-refractivity contribution in [3.63, 3.8) is 0 Å². The number of rotatable bonds is 2. The number of nitrogens with zero attached hydrogens (tertiary/aromatic N) is 1. The number of piperidine rings is 1. The van der Waals surface area contributed by atoms with Crippen LogP contribution in [0.5, 0.6) is 0 Å². The molecule has 1 unspecified atom stereocenters. The molecule has 0 spiro atoms. The fourth-order valence-corrected chi connectivity index (χ4v) is 2.72. The monoisotopic (exact) mass is 250 g/mol. The van der Waals surface area contributed by atoms with Crippen molar-refractivity contribution in [1.82, 2.24) is 5.32 Å². The van der Waals surface area contributed by atoms with Gasteiger partial charge in [0.2, 0.25) is 0 Å². The predicted octanol–water partition coefficient (Wildman–Crippen LogP) is 2.96. The van der Waals surface area contributed by atoms with E-state index in [-0.39, 0.29) is 5.56 Å². The number of hydrogen-bond acceptors (Lipinski definition) is 2. The second-order valence-corrected chi connectivity index (χ2v) is 4.87. The smallest absolute Gasteiger partial charge is 0.129 e. The Labute approximate surface area is 106 Å². The van der Waals surface area contributed by atoms with Crippen LogP contribution in [0.25, 0.3) is 0 Å². The Morgan fingerprint density at radius 2 is 1.83 bits per heavy atom. The largest absolute Gasteiger partial charge is 0.317 e.